The molecule has 3 nitrogen and oxygen atoms in total. The molecule has 108 valence electrons. The van der Waals surface area contributed by atoms with Crippen LogP contribution in [0.4, 0.5) is 0 Å². The largest absolute Gasteiger partial charge is 0.387 e. The van der Waals surface area contributed by atoms with Gasteiger partial charge in [0.1, 0.15) is 0 Å². The Morgan fingerprint density at radius 1 is 0.909 bits per heavy atom. The van der Waals surface area contributed by atoms with Crippen LogP contribution in [-0.4, -0.2) is 14.7 Å². The number of rotatable bonds is 3. The molecule has 1 N–H and O–H groups in total. The van der Waals surface area contributed by atoms with Crippen LogP contribution in [0.15, 0.2) is 73.1 Å². The normalized spacial score (nSPS) is 12.8. The molecule has 0 radical (unpaired) electrons. The lowest BCUT2D eigenvalue weighted by atomic mass is 10.0. The Labute approximate surface area is 128 Å². The predicted molar refractivity (Wildman–Crippen MR) is 88.6 cm³/mol. The van der Waals surface area contributed by atoms with Crippen LogP contribution in [0.5, 0.6) is 0 Å². The molecular formula is C19H16N2O. The summed E-state index contributed by atoms with van der Waals surface area (Å²) in [6.07, 6.45) is 1.23. The molecule has 1 aromatic heterocycles. The van der Waals surface area contributed by atoms with Gasteiger partial charge < -0.3 is 9.67 Å². The summed E-state index contributed by atoms with van der Waals surface area (Å²) in [5, 5.41) is 12.9. The Hall–Kier alpha value is -2.65. The lowest BCUT2D eigenvalue weighted by molar-refractivity contribution is 0.158. The first kappa shape index (κ1) is 13.0. The zero-order valence-corrected chi connectivity index (χ0v) is 12.1. The Morgan fingerprint density at radius 2 is 1.68 bits per heavy atom. The van der Waals surface area contributed by atoms with Crippen molar-refractivity contribution in [1.29, 1.82) is 0 Å². The van der Waals surface area contributed by atoms with Crippen molar-refractivity contribution in [2.24, 2.45) is 0 Å². The number of nitrogens with zero attached hydrogens (tertiary/aromatic N) is 2. The Kier molecular flexibility index (Phi) is 3.13. The second-order valence-corrected chi connectivity index (χ2v) is 5.51. The second kappa shape index (κ2) is 5.28. The van der Waals surface area contributed by atoms with E-state index in [9.17, 15) is 5.11 Å². The van der Waals surface area contributed by atoms with Crippen LogP contribution in [0.3, 0.4) is 0 Å². The quantitative estimate of drug-likeness (QED) is 0.620. The Bertz CT molecular complexity index is 942. The number of hydrogen-bond donors (Lipinski definition) is 1. The van der Waals surface area contributed by atoms with Gasteiger partial charge in [0.25, 0.3) is 0 Å². The molecule has 1 heterocycles. The monoisotopic (exact) mass is 288 g/mol. The van der Waals surface area contributed by atoms with Crippen molar-refractivity contribution >= 4 is 21.8 Å². The smallest absolute Gasteiger partial charge is 0.0969 e. The van der Waals surface area contributed by atoms with Crippen molar-refractivity contribution in [2.75, 3.05) is 0 Å². The standard InChI is InChI=1S/C19H16N2O/c22-19(12-21-13-20-17-7-3-4-8-18(17)21)16-10-9-14-5-1-2-6-15(14)11-16/h1-11,13,19,22H,12H2. The minimum absolute atomic E-state index is 0.499. The summed E-state index contributed by atoms with van der Waals surface area (Å²) >= 11 is 0. The number of aliphatic hydroxyl groups excluding tert-OH is 1. The topological polar surface area (TPSA) is 38.0 Å². The van der Waals surface area contributed by atoms with Gasteiger partial charge in [0.15, 0.2) is 0 Å². The van der Waals surface area contributed by atoms with E-state index in [1.54, 1.807) is 6.33 Å². The van der Waals surface area contributed by atoms with Gasteiger partial charge in [-0.3, -0.25) is 0 Å². The molecule has 0 aliphatic heterocycles. The van der Waals surface area contributed by atoms with Gasteiger partial charge in [0.05, 0.1) is 30.0 Å². The van der Waals surface area contributed by atoms with E-state index in [4.69, 9.17) is 0 Å². The molecule has 3 aromatic carbocycles. The van der Waals surface area contributed by atoms with Gasteiger partial charge >= 0.3 is 0 Å². The minimum atomic E-state index is -0.554. The van der Waals surface area contributed by atoms with E-state index >= 15 is 0 Å². The molecule has 0 aliphatic carbocycles. The molecule has 1 atom stereocenters. The first-order valence-corrected chi connectivity index (χ1v) is 7.38. The summed E-state index contributed by atoms with van der Waals surface area (Å²) < 4.78 is 2.00. The van der Waals surface area contributed by atoms with Crippen LogP contribution < -0.4 is 0 Å². The fourth-order valence-electron chi connectivity index (χ4n) is 2.86. The first-order chi connectivity index (χ1) is 10.8. The van der Waals surface area contributed by atoms with Crippen molar-refractivity contribution in [2.45, 2.75) is 12.6 Å². The number of aliphatic hydroxyl groups is 1. The van der Waals surface area contributed by atoms with Gasteiger partial charge in [-0.05, 0) is 34.5 Å². The van der Waals surface area contributed by atoms with Crippen LogP contribution in [-0.2, 0) is 6.54 Å². The number of aromatic nitrogens is 2. The summed E-state index contributed by atoms with van der Waals surface area (Å²) in [4.78, 5) is 4.37. The van der Waals surface area contributed by atoms with Crippen molar-refractivity contribution in [1.82, 2.24) is 9.55 Å². The predicted octanol–water partition coefficient (Wildman–Crippen LogP) is 3.92. The molecule has 4 aromatic rings. The molecule has 0 spiro atoms. The minimum Gasteiger partial charge on any atom is -0.387 e. The third-order valence-corrected chi connectivity index (χ3v) is 4.06. The number of benzene rings is 3. The van der Waals surface area contributed by atoms with E-state index in [-0.39, 0.29) is 0 Å². The SMILES string of the molecule is OC(Cn1cnc2ccccc21)c1ccc2ccccc2c1. The zero-order valence-electron chi connectivity index (χ0n) is 12.1. The Balaban J connectivity index is 1.66. The average Bonchev–Trinajstić information content (AvgIpc) is 2.97. The molecule has 0 bridgehead atoms. The zero-order chi connectivity index (χ0) is 14.9. The fourth-order valence-corrected chi connectivity index (χ4v) is 2.86. The summed E-state index contributed by atoms with van der Waals surface area (Å²) in [5.74, 6) is 0. The van der Waals surface area contributed by atoms with Gasteiger partial charge in [-0.1, -0.05) is 48.5 Å². The lowest BCUT2D eigenvalue weighted by Gasteiger charge is -2.13. The van der Waals surface area contributed by atoms with E-state index in [1.165, 1.54) is 5.39 Å². The van der Waals surface area contributed by atoms with E-state index in [0.29, 0.717) is 6.54 Å². The van der Waals surface area contributed by atoms with Crippen molar-refractivity contribution in [3.8, 4) is 0 Å². The summed E-state index contributed by atoms with van der Waals surface area (Å²) in [6, 6.07) is 22.3. The number of para-hydroxylation sites is 2. The van der Waals surface area contributed by atoms with Gasteiger partial charge in [0.2, 0.25) is 0 Å². The second-order valence-electron chi connectivity index (χ2n) is 5.51. The third-order valence-electron chi connectivity index (χ3n) is 4.06. The highest BCUT2D eigenvalue weighted by Gasteiger charge is 2.11. The molecule has 0 fully saturated rings. The van der Waals surface area contributed by atoms with Gasteiger partial charge in [-0.25, -0.2) is 4.98 Å². The van der Waals surface area contributed by atoms with Crippen LogP contribution in [0.25, 0.3) is 21.8 Å². The van der Waals surface area contributed by atoms with Crippen LogP contribution in [0.1, 0.15) is 11.7 Å². The first-order valence-electron chi connectivity index (χ1n) is 7.38. The molecule has 0 saturated carbocycles. The highest BCUT2D eigenvalue weighted by Crippen LogP contribution is 2.23. The van der Waals surface area contributed by atoms with E-state index in [0.717, 1.165) is 22.0 Å². The summed E-state index contributed by atoms with van der Waals surface area (Å²) in [7, 11) is 0. The molecule has 4 rings (SSSR count). The van der Waals surface area contributed by atoms with Crippen molar-refractivity contribution < 1.29 is 5.11 Å². The maximum atomic E-state index is 10.6. The molecule has 0 amide bonds. The van der Waals surface area contributed by atoms with E-state index in [1.807, 2.05) is 47.0 Å². The van der Waals surface area contributed by atoms with Gasteiger partial charge in [-0.15, -0.1) is 0 Å². The molecule has 0 aliphatic rings. The maximum Gasteiger partial charge on any atom is 0.0969 e. The van der Waals surface area contributed by atoms with Crippen LogP contribution >= 0.6 is 0 Å². The molecule has 1 unspecified atom stereocenters. The number of imidazole rings is 1. The fraction of sp³-hybridized carbons (Fsp3) is 0.105. The van der Waals surface area contributed by atoms with Gasteiger partial charge in [0, 0.05) is 0 Å². The Morgan fingerprint density at radius 3 is 2.59 bits per heavy atom. The highest BCUT2D eigenvalue weighted by molar-refractivity contribution is 5.83. The van der Waals surface area contributed by atoms with Gasteiger partial charge in [-0.2, -0.15) is 0 Å². The summed E-state index contributed by atoms with van der Waals surface area (Å²) in [5.41, 5.74) is 2.92. The molecule has 0 saturated heterocycles. The van der Waals surface area contributed by atoms with Crippen molar-refractivity contribution in [3.05, 3.63) is 78.6 Å². The highest BCUT2D eigenvalue weighted by atomic mass is 16.3. The molecule has 22 heavy (non-hydrogen) atoms. The maximum absolute atomic E-state index is 10.6. The lowest BCUT2D eigenvalue weighted by Crippen LogP contribution is -2.07. The van der Waals surface area contributed by atoms with Crippen molar-refractivity contribution in [3.63, 3.8) is 0 Å². The van der Waals surface area contributed by atoms with Crippen LogP contribution in [0.2, 0.25) is 0 Å². The summed E-state index contributed by atoms with van der Waals surface area (Å²) in [6.45, 7) is 0.499. The average molecular weight is 288 g/mol. The van der Waals surface area contributed by atoms with E-state index in [2.05, 4.69) is 29.2 Å². The number of hydrogen-bond acceptors (Lipinski definition) is 2. The van der Waals surface area contributed by atoms with Crippen LogP contribution in [0, 0.1) is 0 Å². The third kappa shape index (κ3) is 2.26. The molecular weight excluding hydrogens is 272 g/mol. The van der Waals surface area contributed by atoms with E-state index < -0.39 is 6.10 Å². The number of fused-ring (bicyclic) bond motifs is 2. The molecule has 3 heteroatoms.